The number of methoxy groups -OCH3 is 1. The normalized spacial score (nSPS) is 15.6. The number of oxazole rings is 1. The Hall–Kier alpha value is -5.87. The van der Waals surface area contributed by atoms with Crippen LogP contribution in [0.4, 0.5) is 0 Å². The average molecular weight is 864 g/mol. The monoisotopic (exact) mass is 863 g/mol. The first-order chi connectivity index (χ1) is 29.7. The molecule has 1 aliphatic carbocycles. The molecule has 1 fully saturated rings. The van der Waals surface area contributed by atoms with Crippen LogP contribution in [-0.4, -0.2) is 105 Å². The maximum atomic E-state index is 13.0. The number of ether oxygens (including phenoxy) is 4. The molecule has 61 heavy (non-hydrogen) atoms. The zero-order chi connectivity index (χ0) is 42.5. The smallest absolute Gasteiger partial charge is 0.345 e. The highest BCUT2D eigenvalue weighted by molar-refractivity contribution is 7.13. The number of carboxylic acids is 1. The molecule has 4 aromatic heterocycles. The quantitative estimate of drug-likeness (QED) is 0.0996. The van der Waals surface area contributed by atoms with Crippen molar-refractivity contribution in [2.45, 2.75) is 45.8 Å². The molecule has 1 N–H and O–H groups in total. The number of pyridine rings is 1. The molecule has 0 spiro atoms. The van der Waals surface area contributed by atoms with Gasteiger partial charge in [0.2, 0.25) is 12.0 Å². The fraction of sp³-hybridized carbons (Fsp3) is 0.333. The van der Waals surface area contributed by atoms with Gasteiger partial charge in [-0.1, -0.05) is 41.9 Å². The van der Waals surface area contributed by atoms with Crippen molar-refractivity contribution in [3.05, 3.63) is 112 Å². The zero-order valence-corrected chi connectivity index (χ0v) is 36.0. The summed E-state index contributed by atoms with van der Waals surface area (Å²) in [6.07, 6.45) is 4.82. The second-order valence-corrected chi connectivity index (χ2v) is 16.1. The van der Waals surface area contributed by atoms with Gasteiger partial charge >= 0.3 is 5.97 Å². The van der Waals surface area contributed by atoms with Gasteiger partial charge in [-0.25, -0.2) is 19.7 Å². The molecular weight excluding hydrogens is 818 g/mol. The number of hydrogen-bond acceptors (Lipinski definition) is 14. The molecule has 14 nitrogen and oxygen atoms in total. The first-order valence-corrected chi connectivity index (χ1v) is 21.2. The Balaban J connectivity index is 1.07. The molecular formula is C45H46ClN7O7S. The average Bonchev–Trinajstić information content (AvgIpc) is 3.90. The van der Waals surface area contributed by atoms with Crippen LogP contribution in [0, 0.1) is 6.92 Å². The lowest BCUT2D eigenvalue weighted by atomic mass is 9.88. The maximum absolute atomic E-state index is 13.0. The molecule has 1 saturated heterocycles. The Kier molecular flexibility index (Phi) is 12.9. The summed E-state index contributed by atoms with van der Waals surface area (Å²) in [7, 11) is 3.75. The molecule has 316 valence electrons. The number of piperazine rings is 1. The molecule has 5 heterocycles. The van der Waals surface area contributed by atoms with Gasteiger partial charge in [-0.15, -0.1) is 0 Å². The zero-order valence-electron chi connectivity index (χ0n) is 34.4. The van der Waals surface area contributed by atoms with E-state index in [0.717, 1.165) is 55.2 Å². The highest BCUT2D eigenvalue weighted by Gasteiger charge is 2.31. The lowest BCUT2D eigenvalue weighted by molar-refractivity contribution is -0.145. The summed E-state index contributed by atoms with van der Waals surface area (Å²) < 4.78 is 35.9. The maximum Gasteiger partial charge on any atom is 0.345 e. The van der Waals surface area contributed by atoms with Crippen LogP contribution in [0.5, 0.6) is 17.4 Å². The topological polar surface area (TPSA) is 158 Å². The second kappa shape index (κ2) is 18.8. The molecule has 0 unspecified atom stereocenters. The molecule has 8 rings (SSSR count). The standard InChI is InChI=1S/C45H46ClN7O7S/c1-27-31(13-14-35(41(27)46)57-22-21-53-19-17-52(3)18-20-53)39-40-38(25-49-42(39)37-24-48-28(2)59-37)61-51-44(40)60-36(45(54)55)23-29-9-5-7-11-33(29)58-26-30-15-16-47-43(50-30)32-10-6-8-12-34(32)56-4/h5-12,15-16,24-25,36H,13-14,17-23,26H2,1-4H3,(H,54,55)/t36-/m1/s1. The van der Waals surface area contributed by atoms with E-state index in [9.17, 15) is 9.90 Å². The van der Waals surface area contributed by atoms with E-state index in [0.29, 0.717) is 86.1 Å². The van der Waals surface area contributed by atoms with Gasteiger partial charge in [0.1, 0.15) is 36.2 Å². The number of aliphatic carboxylic acids is 1. The van der Waals surface area contributed by atoms with Crippen molar-refractivity contribution in [2.24, 2.45) is 0 Å². The number of carboxylic acid groups (broad SMARTS) is 1. The number of fused-ring (bicyclic) bond motifs is 1. The summed E-state index contributed by atoms with van der Waals surface area (Å²) >= 11 is 8.28. The minimum absolute atomic E-state index is 0.0134. The van der Waals surface area contributed by atoms with Gasteiger partial charge in [0.15, 0.2) is 17.5 Å². The van der Waals surface area contributed by atoms with E-state index in [1.165, 1.54) is 11.5 Å². The molecule has 1 aliphatic heterocycles. The van der Waals surface area contributed by atoms with E-state index in [4.69, 9.17) is 44.9 Å². The Morgan fingerprint density at radius 3 is 2.52 bits per heavy atom. The summed E-state index contributed by atoms with van der Waals surface area (Å²) in [4.78, 5) is 36.0. The van der Waals surface area contributed by atoms with Crippen molar-refractivity contribution in [1.82, 2.24) is 34.1 Å². The van der Waals surface area contributed by atoms with Crippen LogP contribution in [0.25, 0.3) is 38.5 Å². The van der Waals surface area contributed by atoms with Crippen LogP contribution >= 0.6 is 23.1 Å². The van der Waals surface area contributed by atoms with Crippen molar-refractivity contribution in [3.8, 4) is 40.2 Å². The third-order valence-electron chi connectivity index (χ3n) is 10.9. The van der Waals surface area contributed by atoms with Crippen LogP contribution in [0.2, 0.25) is 0 Å². The van der Waals surface area contributed by atoms with E-state index in [1.807, 2.05) is 49.4 Å². The molecule has 2 aliphatic rings. The SMILES string of the molecule is COc1ccccc1-c1nccc(COc2ccccc2C[C@@H](Oc2nsc3cnc(-c4cnc(C)o4)c(C4=C(C)C(Cl)=C(OCCN5CCN(C)CC5)CC4)c23)C(=O)O)n1. The van der Waals surface area contributed by atoms with Gasteiger partial charge in [0.05, 0.1) is 39.7 Å². The van der Waals surface area contributed by atoms with Gasteiger partial charge in [-0.05, 0) is 72.9 Å². The Bertz CT molecular complexity index is 2600. The number of rotatable bonds is 16. The lowest BCUT2D eigenvalue weighted by Gasteiger charge is -2.32. The van der Waals surface area contributed by atoms with Crippen molar-refractivity contribution in [3.63, 3.8) is 0 Å². The Morgan fingerprint density at radius 2 is 1.75 bits per heavy atom. The predicted molar refractivity (Wildman–Crippen MR) is 233 cm³/mol. The van der Waals surface area contributed by atoms with Crippen molar-refractivity contribution >= 4 is 44.8 Å². The minimum Gasteiger partial charge on any atom is -0.496 e. The Morgan fingerprint density at radius 1 is 0.967 bits per heavy atom. The van der Waals surface area contributed by atoms with Crippen molar-refractivity contribution in [1.29, 1.82) is 0 Å². The van der Waals surface area contributed by atoms with Gasteiger partial charge in [-0.3, -0.25) is 9.88 Å². The number of likely N-dealkylation sites (N-methyl/N-ethyl adjacent to an activating group) is 1. The second-order valence-electron chi connectivity index (χ2n) is 14.9. The van der Waals surface area contributed by atoms with Gasteiger partial charge in [-0.2, -0.15) is 4.37 Å². The molecule has 0 saturated carbocycles. The summed E-state index contributed by atoms with van der Waals surface area (Å²) in [5, 5.41) is 11.8. The van der Waals surface area contributed by atoms with E-state index in [2.05, 4.69) is 31.2 Å². The van der Waals surface area contributed by atoms with E-state index in [1.54, 1.807) is 44.8 Å². The van der Waals surface area contributed by atoms with Gasteiger partial charge < -0.3 is 33.4 Å². The number of carbonyl (C=O) groups is 1. The highest BCUT2D eigenvalue weighted by atomic mass is 35.5. The largest absolute Gasteiger partial charge is 0.496 e. The van der Waals surface area contributed by atoms with E-state index in [-0.39, 0.29) is 18.9 Å². The van der Waals surface area contributed by atoms with Crippen LogP contribution in [0.1, 0.15) is 42.5 Å². The van der Waals surface area contributed by atoms with E-state index < -0.39 is 12.1 Å². The fourth-order valence-electron chi connectivity index (χ4n) is 7.55. The number of benzene rings is 2. The van der Waals surface area contributed by atoms with Crippen molar-refractivity contribution in [2.75, 3.05) is 53.5 Å². The molecule has 0 bridgehead atoms. The van der Waals surface area contributed by atoms with Crippen LogP contribution in [-0.2, 0) is 22.6 Å². The molecule has 16 heteroatoms. The minimum atomic E-state index is -1.33. The number of para-hydroxylation sites is 2. The third-order valence-corrected chi connectivity index (χ3v) is 12.2. The number of aromatic nitrogens is 5. The number of aryl methyl sites for hydroxylation is 1. The first-order valence-electron chi connectivity index (χ1n) is 20.1. The summed E-state index contributed by atoms with van der Waals surface area (Å²) in [6, 6.07) is 16.6. The lowest BCUT2D eigenvalue weighted by Crippen LogP contribution is -2.45. The molecule has 0 amide bonds. The van der Waals surface area contributed by atoms with Gasteiger partial charge in [0, 0.05) is 70.4 Å². The summed E-state index contributed by atoms with van der Waals surface area (Å²) in [5.41, 5.74) is 4.99. The Labute approximate surface area is 362 Å². The number of hydrogen-bond donors (Lipinski definition) is 1. The molecule has 1 atom stereocenters. The van der Waals surface area contributed by atoms with Gasteiger partial charge in [0.25, 0.3) is 0 Å². The summed E-state index contributed by atoms with van der Waals surface area (Å²) in [6.45, 7) is 9.32. The number of allylic oxidation sites excluding steroid dienone is 4. The molecule has 0 radical (unpaired) electrons. The van der Waals surface area contributed by atoms with Crippen molar-refractivity contribution < 1.29 is 33.3 Å². The number of nitrogens with zero attached hydrogens (tertiary/aromatic N) is 7. The molecule has 2 aromatic carbocycles. The number of halogens is 1. The first kappa shape index (κ1) is 41.8. The van der Waals surface area contributed by atoms with Crippen LogP contribution < -0.4 is 14.2 Å². The highest BCUT2D eigenvalue weighted by Crippen LogP contribution is 2.46. The molecule has 6 aromatic rings. The van der Waals surface area contributed by atoms with Crippen LogP contribution in [0.3, 0.4) is 0 Å². The van der Waals surface area contributed by atoms with Crippen LogP contribution in [0.15, 0.2) is 94.0 Å². The predicted octanol–water partition coefficient (Wildman–Crippen LogP) is 8.06. The van der Waals surface area contributed by atoms with E-state index >= 15 is 0 Å². The summed E-state index contributed by atoms with van der Waals surface area (Å²) in [5.74, 6) is 2.35. The third kappa shape index (κ3) is 9.39. The fourth-order valence-corrected chi connectivity index (χ4v) is 8.51.